The summed E-state index contributed by atoms with van der Waals surface area (Å²) < 4.78 is 44.1. The van der Waals surface area contributed by atoms with Crippen molar-refractivity contribution in [3.63, 3.8) is 0 Å². The van der Waals surface area contributed by atoms with E-state index in [0.29, 0.717) is 22.5 Å². The second-order valence-electron chi connectivity index (χ2n) is 6.54. The number of amides is 2. The molecule has 2 N–H and O–H groups in total. The summed E-state index contributed by atoms with van der Waals surface area (Å²) in [4.78, 5) is 28.5. The Morgan fingerprint density at radius 2 is 2.23 bits per heavy atom. The van der Waals surface area contributed by atoms with E-state index in [4.69, 9.17) is 14.0 Å². The molecule has 0 spiro atoms. The van der Waals surface area contributed by atoms with Crippen LogP contribution in [0.25, 0.3) is 11.1 Å². The first kappa shape index (κ1) is 21.8. The Balaban J connectivity index is 1.67. The standard InChI is InChI=1S/C19H20FN3O6S/c1-12(24)21-8-16-9-23(19(25)29-16)15-4-5-17(18(20)6-15)13-2-3-14(22-7-13)10-28-11-30(26)27/h2-7,16H,8-11H2,1H3,(H,21,24)(H,26,27)/t16-/m0/s1. The molecule has 2 heterocycles. The van der Waals surface area contributed by atoms with E-state index in [9.17, 15) is 18.2 Å². The number of aromatic nitrogens is 1. The molecule has 1 fully saturated rings. The topological polar surface area (TPSA) is 118 Å². The minimum Gasteiger partial charge on any atom is -0.442 e. The van der Waals surface area contributed by atoms with Crippen molar-refractivity contribution in [1.29, 1.82) is 0 Å². The molecule has 2 atom stereocenters. The van der Waals surface area contributed by atoms with Gasteiger partial charge in [-0.1, -0.05) is 6.07 Å². The van der Waals surface area contributed by atoms with Crippen LogP contribution < -0.4 is 10.2 Å². The predicted molar refractivity (Wildman–Crippen MR) is 106 cm³/mol. The van der Waals surface area contributed by atoms with E-state index in [0.717, 1.165) is 0 Å². The zero-order chi connectivity index (χ0) is 21.7. The fourth-order valence-electron chi connectivity index (χ4n) is 2.89. The second kappa shape index (κ2) is 9.74. The summed E-state index contributed by atoms with van der Waals surface area (Å²) in [6.45, 7) is 1.82. The number of nitrogens with zero attached hydrogens (tertiary/aromatic N) is 2. The molecule has 1 aromatic heterocycles. The second-order valence-corrected chi connectivity index (χ2v) is 7.42. The molecule has 1 aromatic carbocycles. The Morgan fingerprint density at radius 3 is 2.87 bits per heavy atom. The zero-order valence-electron chi connectivity index (χ0n) is 16.0. The van der Waals surface area contributed by atoms with E-state index < -0.39 is 29.1 Å². The fourth-order valence-corrected chi connectivity index (χ4v) is 3.11. The first-order valence-corrected chi connectivity index (χ1v) is 10.2. The van der Waals surface area contributed by atoms with Crippen LogP contribution in [0.4, 0.5) is 14.9 Å². The molecule has 0 radical (unpaired) electrons. The normalized spacial score (nSPS) is 17.0. The molecule has 30 heavy (non-hydrogen) atoms. The van der Waals surface area contributed by atoms with Crippen molar-refractivity contribution in [3.8, 4) is 11.1 Å². The quantitative estimate of drug-likeness (QED) is 0.607. The number of anilines is 1. The minimum atomic E-state index is -2.04. The molecule has 1 aliphatic heterocycles. The van der Waals surface area contributed by atoms with Crippen LogP contribution in [-0.2, 0) is 32.0 Å². The number of benzene rings is 1. The van der Waals surface area contributed by atoms with Crippen LogP contribution in [0.1, 0.15) is 12.6 Å². The highest BCUT2D eigenvalue weighted by molar-refractivity contribution is 7.79. The van der Waals surface area contributed by atoms with Gasteiger partial charge in [0.1, 0.15) is 17.9 Å². The predicted octanol–water partition coefficient (Wildman–Crippen LogP) is 2.04. The molecule has 1 unspecified atom stereocenters. The maximum Gasteiger partial charge on any atom is 0.414 e. The van der Waals surface area contributed by atoms with E-state index in [1.54, 1.807) is 24.3 Å². The summed E-state index contributed by atoms with van der Waals surface area (Å²) in [6.07, 6.45) is 0.360. The Morgan fingerprint density at radius 1 is 1.43 bits per heavy atom. The van der Waals surface area contributed by atoms with E-state index in [1.165, 1.54) is 24.1 Å². The van der Waals surface area contributed by atoms with Gasteiger partial charge in [-0.25, -0.2) is 13.4 Å². The molecule has 2 amide bonds. The van der Waals surface area contributed by atoms with Crippen molar-refractivity contribution < 1.29 is 32.2 Å². The van der Waals surface area contributed by atoms with Crippen molar-refractivity contribution >= 4 is 28.8 Å². The van der Waals surface area contributed by atoms with Gasteiger partial charge in [-0.05, 0) is 24.3 Å². The van der Waals surface area contributed by atoms with Gasteiger partial charge >= 0.3 is 6.09 Å². The number of carbonyl (C=O) groups excluding carboxylic acids is 2. The van der Waals surface area contributed by atoms with E-state index >= 15 is 0 Å². The summed E-state index contributed by atoms with van der Waals surface area (Å²) in [5.41, 5.74) is 1.71. The third-order valence-corrected chi connectivity index (χ3v) is 4.66. The van der Waals surface area contributed by atoms with Crippen molar-refractivity contribution in [3.05, 3.63) is 48.0 Å². The Labute approximate surface area is 174 Å². The highest BCUT2D eigenvalue weighted by atomic mass is 32.2. The van der Waals surface area contributed by atoms with Crippen LogP contribution in [0, 0.1) is 5.82 Å². The van der Waals surface area contributed by atoms with Crippen molar-refractivity contribution in [2.24, 2.45) is 0 Å². The minimum absolute atomic E-state index is 0.0602. The Hall–Kier alpha value is -2.89. The molecular formula is C19H20FN3O6S. The number of halogens is 1. The van der Waals surface area contributed by atoms with Crippen molar-refractivity contribution in [1.82, 2.24) is 10.3 Å². The molecule has 11 heteroatoms. The number of carbonyl (C=O) groups is 2. The largest absolute Gasteiger partial charge is 0.442 e. The van der Waals surface area contributed by atoms with Gasteiger partial charge in [-0.15, -0.1) is 0 Å². The monoisotopic (exact) mass is 437 g/mol. The van der Waals surface area contributed by atoms with Crippen LogP contribution in [-0.4, -0.2) is 50.9 Å². The molecule has 0 bridgehead atoms. The fraction of sp³-hybridized carbons (Fsp3) is 0.316. The van der Waals surface area contributed by atoms with Crippen LogP contribution in [0.15, 0.2) is 36.5 Å². The van der Waals surface area contributed by atoms with Gasteiger partial charge in [0.05, 0.1) is 31.1 Å². The van der Waals surface area contributed by atoms with Gasteiger partial charge in [0.15, 0.2) is 11.1 Å². The molecule has 2 aromatic rings. The van der Waals surface area contributed by atoms with E-state index in [2.05, 4.69) is 10.3 Å². The van der Waals surface area contributed by atoms with Gasteiger partial charge in [-0.3, -0.25) is 14.7 Å². The molecule has 3 rings (SSSR count). The molecule has 0 saturated carbocycles. The number of nitrogens with one attached hydrogen (secondary N) is 1. The zero-order valence-corrected chi connectivity index (χ0v) is 16.9. The molecule has 1 aliphatic rings. The summed E-state index contributed by atoms with van der Waals surface area (Å²) >= 11 is -2.04. The lowest BCUT2D eigenvalue weighted by atomic mass is 10.1. The van der Waals surface area contributed by atoms with Crippen LogP contribution in [0.5, 0.6) is 0 Å². The lowest BCUT2D eigenvalue weighted by Gasteiger charge is -2.14. The number of pyridine rings is 1. The maximum atomic E-state index is 14.7. The Kier molecular flexibility index (Phi) is 7.08. The smallest absolute Gasteiger partial charge is 0.414 e. The third kappa shape index (κ3) is 5.59. The number of rotatable bonds is 8. The summed E-state index contributed by atoms with van der Waals surface area (Å²) in [7, 11) is 0. The average Bonchev–Trinajstić information content (AvgIpc) is 3.07. The van der Waals surface area contributed by atoms with Crippen LogP contribution >= 0.6 is 0 Å². The van der Waals surface area contributed by atoms with Gasteiger partial charge in [0.2, 0.25) is 5.91 Å². The van der Waals surface area contributed by atoms with E-state index in [-0.39, 0.29) is 31.5 Å². The summed E-state index contributed by atoms with van der Waals surface area (Å²) in [5, 5.41) is 2.58. The molecule has 1 saturated heterocycles. The third-order valence-electron chi connectivity index (χ3n) is 4.29. The van der Waals surface area contributed by atoms with Crippen LogP contribution in [0.3, 0.4) is 0 Å². The van der Waals surface area contributed by atoms with Gasteiger partial charge in [-0.2, -0.15) is 0 Å². The first-order chi connectivity index (χ1) is 14.3. The SMILES string of the molecule is CC(=O)NC[C@H]1CN(c2ccc(-c3ccc(COCS(=O)O)nc3)c(F)c2)C(=O)O1. The summed E-state index contributed by atoms with van der Waals surface area (Å²) in [5.74, 6) is -1.08. The van der Waals surface area contributed by atoms with Gasteiger partial charge in [0, 0.05) is 24.2 Å². The van der Waals surface area contributed by atoms with Crippen molar-refractivity contribution in [2.45, 2.75) is 19.6 Å². The lowest BCUT2D eigenvalue weighted by molar-refractivity contribution is -0.119. The molecule has 9 nitrogen and oxygen atoms in total. The molecular weight excluding hydrogens is 417 g/mol. The number of ether oxygens (including phenoxy) is 2. The van der Waals surface area contributed by atoms with E-state index in [1.807, 2.05) is 0 Å². The average molecular weight is 437 g/mol. The number of hydrogen-bond donors (Lipinski definition) is 2. The highest BCUT2D eigenvalue weighted by Crippen LogP contribution is 2.29. The van der Waals surface area contributed by atoms with Crippen LogP contribution in [0.2, 0.25) is 0 Å². The number of hydrogen-bond acceptors (Lipinski definition) is 6. The molecule has 0 aliphatic carbocycles. The van der Waals surface area contributed by atoms with Gasteiger partial charge < -0.3 is 19.3 Å². The van der Waals surface area contributed by atoms with Gasteiger partial charge in [0.25, 0.3) is 0 Å². The van der Waals surface area contributed by atoms with Crippen molar-refractivity contribution in [2.75, 3.05) is 23.9 Å². The highest BCUT2D eigenvalue weighted by Gasteiger charge is 2.32. The lowest BCUT2D eigenvalue weighted by Crippen LogP contribution is -2.33. The maximum absolute atomic E-state index is 14.7. The Bertz CT molecular complexity index is 956. The summed E-state index contributed by atoms with van der Waals surface area (Å²) in [6, 6.07) is 7.68. The number of cyclic esters (lactones) is 1. The molecule has 160 valence electrons. The first-order valence-electron chi connectivity index (χ1n) is 8.96.